The van der Waals surface area contributed by atoms with E-state index in [9.17, 15) is 8.78 Å². The lowest BCUT2D eigenvalue weighted by Gasteiger charge is -2.15. The summed E-state index contributed by atoms with van der Waals surface area (Å²) in [5, 5.41) is 0. The summed E-state index contributed by atoms with van der Waals surface area (Å²) in [7, 11) is 0. The van der Waals surface area contributed by atoms with Gasteiger partial charge < -0.3 is 0 Å². The standard InChI is InChI=1S/C12H18F2N2/c1-2-3-4-10(16-15)7-9-5-6-11(13)12(14)8-9/h5-6,8,10,16H,2-4,7,15H2,1H3. The van der Waals surface area contributed by atoms with E-state index in [1.807, 2.05) is 0 Å². The smallest absolute Gasteiger partial charge is 0.159 e. The Morgan fingerprint density at radius 2 is 2.06 bits per heavy atom. The Morgan fingerprint density at radius 3 is 2.62 bits per heavy atom. The molecule has 1 atom stereocenters. The van der Waals surface area contributed by atoms with Gasteiger partial charge in [0.15, 0.2) is 11.6 Å². The minimum absolute atomic E-state index is 0.116. The van der Waals surface area contributed by atoms with Gasteiger partial charge in [-0.05, 0) is 30.5 Å². The Hall–Kier alpha value is -1.00. The molecule has 0 saturated carbocycles. The monoisotopic (exact) mass is 228 g/mol. The molecule has 4 heteroatoms. The second kappa shape index (κ2) is 6.55. The molecule has 0 spiro atoms. The number of unbranched alkanes of at least 4 members (excludes halogenated alkanes) is 1. The Morgan fingerprint density at radius 1 is 1.31 bits per heavy atom. The van der Waals surface area contributed by atoms with Crippen molar-refractivity contribution in [1.29, 1.82) is 0 Å². The van der Waals surface area contributed by atoms with Crippen molar-refractivity contribution in [2.24, 2.45) is 5.84 Å². The zero-order valence-electron chi connectivity index (χ0n) is 9.47. The van der Waals surface area contributed by atoms with Crippen LogP contribution in [0, 0.1) is 11.6 Å². The molecule has 0 amide bonds. The first-order chi connectivity index (χ1) is 7.67. The lowest BCUT2D eigenvalue weighted by Crippen LogP contribution is -2.36. The van der Waals surface area contributed by atoms with Crippen molar-refractivity contribution in [2.75, 3.05) is 0 Å². The Balaban J connectivity index is 2.59. The highest BCUT2D eigenvalue weighted by atomic mass is 19.2. The molecule has 0 bridgehead atoms. The van der Waals surface area contributed by atoms with Crippen LogP contribution >= 0.6 is 0 Å². The molecule has 0 radical (unpaired) electrons. The van der Waals surface area contributed by atoms with Gasteiger partial charge in [-0.25, -0.2) is 8.78 Å². The third-order valence-electron chi connectivity index (χ3n) is 2.61. The van der Waals surface area contributed by atoms with Crippen LogP contribution in [0.3, 0.4) is 0 Å². The summed E-state index contributed by atoms with van der Waals surface area (Å²) in [5.74, 6) is 3.80. The van der Waals surface area contributed by atoms with Gasteiger partial charge in [0.25, 0.3) is 0 Å². The molecule has 1 unspecified atom stereocenters. The van der Waals surface area contributed by atoms with Crippen molar-refractivity contribution in [3.8, 4) is 0 Å². The Labute approximate surface area is 94.8 Å². The van der Waals surface area contributed by atoms with Crippen LogP contribution in [0.1, 0.15) is 31.7 Å². The number of hydrazine groups is 1. The normalized spacial score (nSPS) is 12.8. The topological polar surface area (TPSA) is 38.0 Å². The molecule has 1 aromatic rings. The number of hydrogen-bond acceptors (Lipinski definition) is 2. The van der Waals surface area contributed by atoms with Crippen LogP contribution in [0.4, 0.5) is 8.78 Å². The van der Waals surface area contributed by atoms with Crippen LogP contribution in [0.15, 0.2) is 18.2 Å². The highest BCUT2D eigenvalue weighted by molar-refractivity contribution is 5.18. The van der Waals surface area contributed by atoms with Gasteiger partial charge in [-0.2, -0.15) is 0 Å². The van der Waals surface area contributed by atoms with Crippen molar-refractivity contribution in [2.45, 2.75) is 38.6 Å². The van der Waals surface area contributed by atoms with E-state index in [1.165, 1.54) is 6.07 Å². The molecule has 2 nitrogen and oxygen atoms in total. The number of nitrogens with two attached hydrogens (primary N) is 1. The van der Waals surface area contributed by atoms with E-state index in [4.69, 9.17) is 5.84 Å². The SMILES string of the molecule is CCCCC(Cc1ccc(F)c(F)c1)NN. The minimum atomic E-state index is -0.811. The predicted octanol–water partition coefficient (Wildman–Crippen LogP) is 2.53. The van der Waals surface area contributed by atoms with E-state index in [0.29, 0.717) is 6.42 Å². The molecule has 90 valence electrons. The van der Waals surface area contributed by atoms with Gasteiger partial charge in [0.2, 0.25) is 0 Å². The summed E-state index contributed by atoms with van der Waals surface area (Å²) < 4.78 is 25.7. The zero-order valence-corrected chi connectivity index (χ0v) is 9.47. The van der Waals surface area contributed by atoms with Crippen LogP contribution in [-0.4, -0.2) is 6.04 Å². The molecule has 0 aliphatic carbocycles. The lowest BCUT2D eigenvalue weighted by atomic mass is 10.0. The highest BCUT2D eigenvalue weighted by Crippen LogP contribution is 2.12. The summed E-state index contributed by atoms with van der Waals surface area (Å²) in [5.41, 5.74) is 3.47. The first-order valence-corrected chi connectivity index (χ1v) is 5.57. The Kier molecular flexibility index (Phi) is 5.35. The molecule has 16 heavy (non-hydrogen) atoms. The van der Waals surface area contributed by atoms with Crippen molar-refractivity contribution in [1.82, 2.24) is 5.43 Å². The quantitative estimate of drug-likeness (QED) is 0.580. The predicted molar refractivity (Wildman–Crippen MR) is 60.7 cm³/mol. The molecular weight excluding hydrogens is 210 g/mol. The molecule has 0 aliphatic rings. The molecule has 0 aromatic heterocycles. The van der Waals surface area contributed by atoms with E-state index in [-0.39, 0.29) is 6.04 Å². The average molecular weight is 228 g/mol. The van der Waals surface area contributed by atoms with E-state index in [0.717, 1.165) is 30.9 Å². The van der Waals surface area contributed by atoms with E-state index in [2.05, 4.69) is 12.3 Å². The summed E-state index contributed by atoms with van der Waals surface area (Å²) in [6.45, 7) is 2.10. The van der Waals surface area contributed by atoms with Gasteiger partial charge in [0, 0.05) is 6.04 Å². The molecular formula is C12H18F2N2. The first kappa shape index (κ1) is 13.1. The van der Waals surface area contributed by atoms with Gasteiger partial charge in [-0.3, -0.25) is 11.3 Å². The van der Waals surface area contributed by atoms with Crippen molar-refractivity contribution >= 4 is 0 Å². The van der Waals surface area contributed by atoms with Gasteiger partial charge in [-0.15, -0.1) is 0 Å². The fourth-order valence-corrected chi connectivity index (χ4v) is 1.65. The van der Waals surface area contributed by atoms with Crippen LogP contribution in [0.2, 0.25) is 0 Å². The first-order valence-electron chi connectivity index (χ1n) is 5.57. The number of rotatable bonds is 6. The number of benzene rings is 1. The molecule has 1 aromatic carbocycles. The maximum Gasteiger partial charge on any atom is 0.159 e. The van der Waals surface area contributed by atoms with Crippen LogP contribution < -0.4 is 11.3 Å². The summed E-state index contributed by atoms with van der Waals surface area (Å²) in [6, 6.07) is 4.09. The summed E-state index contributed by atoms with van der Waals surface area (Å²) in [6.07, 6.45) is 3.72. The zero-order chi connectivity index (χ0) is 12.0. The lowest BCUT2D eigenvalue weighted by molar-refractivity contribution is 0.469. The largest absolute Gasteiger partial charge is 0.271 e. The fourth-order valence-electron chi connectivity index (χ4n) is 1.65. The number of halogens is 2. The van der Waals surface area contributed by atoms with Gasteiger partial charge in [-0.1, -0.05) is 25.8 Å². The van der Waals surface area contributed by atoms with Crippen LogP contribution in [0.5, 0.6) is 0 Å². The molecule has 1 rings (SSSR count). The second-order valence-electron chi connectivity index (χ2n) is 3.96. The average Bonchev–Trinajstić information content (AvgIpc) is 2.29. The third-order valence-corrected chi connectivity index (χ3v) is 2.61. The van der Waals surface area contributed by atoms with Crippen molar-refractivity contribution in [3.05, 3.63) is 35.4 Å². The fraction of sp³-hybridized carbons (Fsp3) is 0.500. The maximum absolute atomic E-state index is 13.0. The third kappa shape index (κ3) is 3.87. The summed E-state index contributed by atoms with van der Waals surface area (Å²) in [4.78, 5) is 0. The molecule has 0 aliphatic heterocycles. The maximum atomic E-state index is 13.0. The number of nitrogens with one attached hydrogen (secondary N) is 1. The second-order valence-corrected chi connectivity index (χ2v) is 3.96. The summed E-state index contributed by atoms with van der Waals surface area (Å²) >= 11 is 0. The Bertz CT molecular complexity index is 329. The highest BCUT2D eigenvalue weighted by Gasteiger charge is 2.09. The van der Waals surface area contributed by atoms with E-state index < -0.39 is 11.6 Å². The molecule has 0 saturated heterocycles. The van der Waals surface area contributed by atoms with E-state index >= 15 is 0 Å². The van der Waals surface area contributed by atoms with Gasteiger partial charge in [0.1, 0.15) is 0 Å². The minimum Gasteiger partial charge on any atom is -0.271 e. The van der Waals surface area contributed by atoms with Crippen LogP contribution in [-0.2, 0) is 6.42 Å². The molecule has 0 heterocycles. The van der Waals surface area contributed by atoms with Gasteiger partial charge >= 0.3 is 0 Å². The molecule has 0 fully saturated rings. The van der Waals surface area contributed by atoms with Crippen molar-refractivity contribution < 1.29 is 8.78 Å². The van der Waals surface area contributed by atoms with E-state index in [1.54, 1.807) is 6.07 Å². The van der Waals surface area contributed by atoms with Crippen molar-refractivity contribution in [3.63, 3.8) is 0 Å². The van der Waals surface area contributed by atoms with Crippen LogP contribution in [0.25, 0.3) is 0 Å². The molecule has 3 N–H and O–H groups in total. The number of hydrogen-bond donors (Lipinski definition) is 2. The van der Waals surface area contributed by atoms with Gasteiger partial charge in [0.05, 0.1) is 0 Å².